The van der Waals surface area contributed by atoms with E-state index in [1.54, 1.807) is 42.5 Å². The molecule has 3 rings (SSSR count). The van der Waals surface area contributed by atoms with Gasteiger partial charge in [-0.1, -0.05) is 32.0 Å². The summed E-state index contributed by atoms with van der Waals surface area (Å²) in [5.74, 6) is 0.0447. The Bertz CT molecular complexity index is 1270. The van der Waals surface area contributed by atoms with Crippen molar-refractivity contribution in [1.29, 1.82) is 0 Å². The number of carbonyl (C=O) groups is 2. The zero-order valence-electron chi connectivity index (χ0n) is 21.2. The SMILES string of the molecule is CCN(CC)CCCNC(=O)CNC(=O)c1nn(-c2ccc(OC)cc2OC)c(=O)c2ccccc12. The molecular formula is C26H33N5O5. The van der Waals surface area contributed by atoms with Gasteiger partial charge in [-0.05, 0) is 44.3 Å². The van der Waals surface area contributed by atoms with Gasteiger partial charge in [0.2, 0.25) is 5.91 Å². The number of nitrogens with one attached hydrogen (secondary N) is 2. The molecule has 0 aliphatic rings. The predicted octanol–water partition coefficient (Wildman–Crippen LogP) is 1.98. The van der Waals surface area contributed by atoms with Crippen molar-refractivity contribution < 1.29 is 19.1 Å². The van der Waals surface area contributed by atoms with E-state index in [9.17, 15) is 14.4 Å². The number of hydrogen-bond acceptors (Lipinski definition) is 7. The number of fused-ring (bicyclic) bond motifs is 1. The second-order valence-corrected chi connectivity index (χ2v) is 8.06. The molecule has 0 aliphatic heterocycles. The topological polar surface area (TPSA) is 115 Å². The van der Waals surface area contributed by atoms with Crippen molar-refractivity contribution in [2.75, 3.05) is 46.9 Å². The van der Waals surface area contributed by atoms with E-state index in [-0.39, 0.29) is 18.1 Å². The van der Waals surface area contributed by atoms with Crippen LogP contribution < -0.4 is 25.7 Å². The van der Waals surface area contributed by atoms with E-state index >= 15 is 0 Å². The molecule has 0 saturated carbocycles. The van der Waals surface area contributed by atoms with Gasteiger partial charge in [-0.2, -0.15) is 9.78 Å². The Morgan fingerprint density at radius 1 is 1.00 bits per heavy atom. The minimum absolute atomic E-state index is 0.0254. The highest BCUT2D eigenvalue weighted by molar-refractivity contribution is 6.05. The van der Waals surface area contributed by atoms with E-state index < -0.39 is 11.5 Å². The number of hydrogen-bond donors (Lipinski definition) is 2. The molecule has 0 unspecified atom stereocenters. The first kappa shape index (κ1) is 26.7. The standard InChI is InChI=1S/C26H33N5O5/c1-5-30(6-2)15-9-14-27-23(32)17-28-25(33)24-19-10-7-8-11-20(19)26(34)31(29-24)21-13-12-18(35-3)16-22(21)36-4/h7-8,10-13,16H,5-6,9,14-15,17H2,1-4H3,(H,27,32)(H,28,33). The van der Waals surface area contributed by atoms with Gasteiger partial charge in [-0.3, -0.25) is 14.4 Å². The van der Waals surface area contributed by atoms with E-state index in [0.717, 1.165) is 30.7 Å². The minimum Gasteiger partial charge on any atom is -0.497 e. The summed E-state index contributed by atoms with van der Waals surface area (Å²) in [6.07, 6.45) is 0.822. The van der Waals surface area contributed by atoms with Gasteiger partial charge < -0.3 is 25.0 Å². The van der Waals surface area contributed by atoms with Crippen LogP contribution in [-0.4, -0.2) is 73.4 Å². The Morgan fingerprint density at radius 3 is 2.39 bits per heavy atom. The third-order valence-electron chi connectivity index (χ3n) is 5.91. The molecule has 0 saturated heterocycles. The molecule has 3 aromatic rings. The van der Waals surface area contributed by atoms with Crippen LogP contribution in [0.15, 0.2) is 47.3 Å². The van der Waals surface area contributed by atoms with Gasteiger partial charge in [0.05, 0.1) is 26.2 Å². The number of methoxy groups -OCH3 is 2. The van der Waals surface area contributed by atoms with Gasteiger partial charge in [-0.25, -0.2) is 0 Å². The van der Waals surface area contributed by atoms with Crippen LogP contribution in [0.5, 0.6) is 11.5 Å². The number of amides is 2. The monoisotopic (exact) mass is 495 g/mol. The molecule has 192 valence electrons. The first-order chi connectivity index (χ1) is 17.4. The molecule has 10 heteroatoms. The largest absolute Gasteiger partial charge is 0.497 e. The smallest absolute Gasteiger partial charge is 0.279 e. The van der Waals surface area contributed by atoms with Gasteiger partial charge in [0.1, 0.15) is 17.2 Å². The van der Waals surface area contributed by atoms with Crippen LogP contribution in [0.4, 0.5) is 0 Å². The van der Waals surface area contributed by atoms with Crippen LogP contribution in [0.1, 0.15) is 30.8 Å². The Hall–Kier alpha value is -3.92. The van der Waals surface area contributed by atoms with Crippen molar-refractivity contribution in [2.24, 2.45) is 0 Å². The summed E-state index contributed by atoms with van der Waals surface area (Å²) in [6, 6.07) is 11.7. The van der Waals surface area contributed by atoms with Crippen molar-refractivity contribution in [1.82, 2.24) is 25.3 Å². The molecule has 2 amide bonds. The second kappa shape index (κ2) is 12.7. The van der Waals surface area contributed by atoms with Crippen molar-refractivity contribution in [3.05, 3.63) is 58.5 Å². The molecular weight excluding hydrogens is 462 g/mol. The highest BCUT2D eigenvalue weighted by Crippen LogP contribution is 2.27. The summed E-state index contributed by atoms with van der Waals surface area (Å²) in [5, 5.41) is 10.5. The summed E-state index contributed by atoms with van der Waals surface area (Å²) in [4.78, 5) is 40.9. The Balaban J connectivity index is 1.81. The van der Waals surface area contributed by atoms with Crippen molar-refractivity contribution in [3.8, 4) is 17.2 Å². The summed E-state index contributed by atoms with van der Waals surface area (Å²) < 4.78 is 11.8. The quantitative estimate of drug-likeness (QED) is 0.369. The molecule has 2 N–H and O–H groups in total. The maximum absolute atomic E-state index is 13.2. The second-order valence-electron chi connectivity index (χ2n) is 8.06. The Morgan fingerprint density at radius 2 is 1.72 bits per heavy atom. The molecule has 1 aromatic heterocycles. The van der Waals surface area contributed by atoms with Gasteiger partial charge in [0.15, 0.2) is 5.69 Å². The van der Waals surface area contributed by atoms with Crippen LogP contribution in [0.25, 0.3) is 16.5 Å². The first-order valence-corrected chi connectivity index (χ1v) is 11.9. The molecule has 0 fully saturated rings. The summed E-state index contributed by atoms with van der Waals surface area (Å²) in [5.41, 5.74) is -0.0250. The lowest BCUT2D eigenvalue weighted by Crippen LogP contribution is -2.39. The molecule has 10 nitrogen and oxygen atoms in total. The van der Waals surface area contributed by atoms with Crippen molar-refractivity contribution >= 4 is 22.6 Å². The number of aromatic nitrogens is 2. The van der Waals surface area contributed by atoms with Crippen molar-refractivity contribution in [3.63, 3.8) is 0 Å². The third kappa shape index (κ3) is 6.19. The molecule has 2 aromatic carbocycles. The number of benzene rings is 2. The lowest BCUT2D eigenvalue weighted by Gasteiger charge is -2.17. The summed E-state index contributed by atoms with van der Waals surface area (Å²) in [6.45, 7) is 7.34. The van der Waals surface area contributed by atoms with Gasteiger partial charge in [-0.15, -0.1) is 0 Å². The number of rotatable bonds is 12. The van der Waals surface area contributed by atoms with Gasteiger partial charge in [0, 0.05) is 18.0 Å². The summed E-state index contributed by atoms with van der Waals surface area (Å²) >= 11 is 0. The fourth-order valence-corrected chi connectivity index (χ4v) is 3.86. The van der Waals surface area contributed by atoms with Crippen LogP contribution in [-0.2, 0) is 4.79 Å². The first-order valence-electron chi connectivity index (χ1n) is 11.9. The lowest BCUT2D eigenvalue weighted by atomic mass is 10.1. The maximum atomic E-state index is 13.2. The van der Waals surface area contributed by atoms with Crippen LogP contribution in [0.2, 0.25) is 0 Å². The Labute approximate surface area is 210 Å². The molecule has 0 atom stereocenters. The third-order valence-corrected chi connectivity index (χ3v) is 5.91. The average Bonchev–Trinajstić information content (AvgIpc) is 2.92. The van der Waals surface area contributed by atoms with E-state index in [1.807, 2.05) is 0 Å². The zero-order chi connectivity index (χ0) is 26.1. The molecule has 0 spiro atoms. The molecule has 0 aliphatic carbocycles. The number of ether oxygens (including phenoxy) is 2. The molecule has 0 radical (unpaired) electrons. The lowest BCUT2D eigenvalue weighted by molar-refractivity contribution is -0.120. The fraction of sp³-hybridized carbons (Fsp3) is 0.385. The molecule has 0 bridgehead atoms. The van der Waals surface area contributed by atoms with Gasteiger partial charge >= 0.3 is 0 Å². The number of carbonyl (C=O) groups excluding carboxylic acids is 2. The highest BCUT2D eigenvalue weighted by atomic mass is 16.5. The van der Waals surface area contributed by atoms with Crippen LogP contribution in [0.3, 0.4) is 0 Å². The maximum Gasteiger partial charge on any atom is 0.279 e. The van der Waals surface area contributed by atoms with Crippen LogP contribution in [0, 0.1) is 0 Å². The normalized spacial score (nSPS) is 10.9. The van der Waals surface area contributed by atoms with E-state index in [0.29, 0.717) is 34.5 Å². The summed E-state index contributed by atoms with van der Waals surface area (Å²) in [7, 11) is 3.00. The van der Waals surface area contributed by atoms with E-state index in [1.165, 1.54) is 14.2 Å². The molecule has 36 heavy (non-hydrogen) atoms. The number of nitrogens with zero attached hydrogens (tertiary/aromatic N) is 3. The fourth-order valence-electron chi connectivity index (χ4n) is 3.86. The van der Waals surface area contributed by atoms with E-state index in [2.05, 4.69) is 34.5 Å². The minimum atomic E-state index is -0.564. The van der Waals surface area contributed by atoms with Crippen LogP contribution >= 0.6 is 0 Å². The highest BCUT2D eigenvalue weighted by Gasteiger charge is 2.20. The average molecular weight is 496 g/mol. The van der Waals surface area contributed by atoms with E-state index in [4.69, 9.17) is 9.47 Å². The predicted molar refractivity (Wildman–Crippen MR) is 138 cm³/mol. The zero-order valence-corrected chi connectivity index (χ0v) is 21.2. The van der Waals surface area contributed by atoms with Crippen molar-refractivity contribution in [2.45, 2.75) is 20.3 Å². The Kier molecular flexibility index (Phi) is 9.40. The van der Waals surface area contributed by atoms with Gasteiger partial charge in [0.25, 0.3) is 11.5 Å². The molecule has 1 heterocycles.